The Morgan fingerprint density at radius 2 is 1.19 bits per heavy atom. The van der Waals surface area contributed by atoms with Gasteiger partial charge in [0.15, 0.2) is 0 Å². The van der Waals surface area contributed by atoms with Crippen molar-refractivity contribution >= 4 is 23.8 Å². The van der Waals surface area contributed by atoms with Gasteiger partial charge in [0.1, 0.15) is 25.9 Å². The molecule has 0 amide bonds. The van der Waals surface area contributed by atoms with Crippen LogP contribution in [0.1, 0.15) is 213 Å². The second kappa shape index (κ2) is 46.7. The third kappa shape index (κ3) is 40.4. The van der Waals surface area contributed by atoms with Gasteiger partial charge in [-0.2, -0.15) is 16.4 Å². The molecule has 0 N–H and O–H groups in total. The highest BCUT2D eigenvalue weighted by molar-refractivity contribution is 7.07. The maximum absolute atomic E-state index is 4.71. The summed E-state index contributed by atoms with van der Waals surface area (Å²) in [7, 11) is 3.52. The molecule has 1 aliphatic carbocycles. The van der Waals surface area contributed by atoms with Gasteiger partial charge >= 0.3 is 0 Å². The highest BCUT2D eigenvalue weighted by atomic mass is 32.1. The van der Waals surface area contributed by atoms with Crippen LogP contribution in [-0.4, -0.2) is 75.8 Å². The molecule has 1 fully saturated rings. The zero-order chi connectivity index (χ0) is 64.2. The van der Waals surface area contributed by atoms with Crippen LogP contribution in [0.4, 0.5) is 0 Å². The van der Waals surface area contributed by atoms with Gasteiger partial charge in [-0.1, -0.05) is 147 Å². The van der Waals surface area contributed by atoms with Crippen LogP contribution in [0.5, 0.6) is 0 Å². The van der Waals surface area contributed by atoms with Crippen LogP contribution in [0.25, 0.3) is 0 Å². The van der Waals surface area contributed by atoms with Crippen LogP contribution in [0.3, 0.4) is 0 Å². The third-order valence-electron chi connectivity index (χ3n) is 12.2. The predicted octanol–water partition coefficient (Wildman–Crippen LogP) is 18.0. The van der Waals surface area contributed by atoms with E-state index < -0.39 is 0 Å². The molecule has 7 aromatic rings. The number of rotatable bonds is 16. The normalized spacial score (nSPS) is 11.8. The summed E-state index contributed by atoms with van der Waals surface area (Å²) in [6.07, 6.45) is 27.8. The van der Waals surface area contributed by atoms with E-state index in [1.165, 1.54) is 47.5 Å². The fourth-order valence-electron chi connectivity index (χ4n) is 7.19. The lowest BCUT2D eigenvalue weighted by Gasteiger charge is -2.18. The molecular weight excluding hydrogens is 1070 g/mol. The first-order chi connectivity index (χ1) is 40.3. The molecule has 7 aromatic heterocycles. The Hall–Kier alpha value is -6.61. The Morgan fingerprint density at radius 1 is 0.600 bits per heavy atom. The van der Waals surface area contributed by atoms with E-state index in [1.807, 2.05) is 114 Å². The van der Waals surface area contributed by atoms with Gasteiger partial charge < -0.3 is 9.68 Å². The van der Waals surface area contributed by atoms with E-state index >= 15 is 0 Å². The first-order valence-electron chi connectivity index (χ1n) is 30.6. The van der Waals surface area contributed by atoms with Crippen molar-refractivity contribution in [1.82, 2.24) is 49.7 Å². The van der Waals surface area contributed by atoms with E-state index in [4.69, 9.17) is 4.84 Å². The number of aryl methyl sites for hydroxylation is 3. The molecule has 14 nitrogen and oxygen atoms in total. The van der Waals surface area contributed by atoms with Gasteiger partial charge in [0.25, 0.3) is 0 Å². The summed E-state index contributed by atoms with van der Waals surface area (Å²) in [5.41, 5.74) is 10.1. The zero-order valence-corrected chi connectivity index (χ0v) is 57.5. The van der Waals surface area contributed by atoms with Crippen molar-refractivity contribution in [3.63, 3.8) is 0 Å². The summed E-state index contributed by atoms with van der Waals surface area (Å²) in [6.45, 7) is 45.3. The number of pyridine rings is 2. The van der Waals surface area contributed by atoms with Gasteiger partial charge in [-0.15, -0.1) is 0 Å². The molecule has 0 radical (unpaired) electrons. The third-order valence-corrected chi connectivity index (χ3v) is 12.9. The summed E-state index contributed by atoms with van der Waals surface area (Å²) < 4.78 is 1.93. The summed E-state index contributed by atoms with van der Waals surface area (Å²) in [5.74, 6) is 6.28. The van der Waals surface area contributed by atoms with Crippen molar-refractivity contribution in [2.24, 2.45) is 52.9 Å². The van der Waals surface area contributed by atoms with Crippen LogP contribution in [0.2, 0.25) is 0 Å². The minimum absolute atomic E-state index is 0.431. The Kier molecular flexibility index (Phi) is 43.0. The maximum Gasteiger partial charge on any atom is 0.130 e. The van der Waals surface area contributed by atoms with Gasteiger partial charge in [-0.05, 0) is 164 Å². The molecule has 1 aliphatic rings. The second-order valence-corrected chi connectivity index (χ2v) is 24.9. The van der Waals surface area contributed by atoms with Crippen molar-refractivity contribution in [3.8, 4) is 0 Å². The van der Waals surface area contributed by atoms with E-state index in [1.54, 1.807) is 43.4 Å². The molecule has 85 heavy (non-hydrogen) atoms. The summed E-state index contributed by atoms with van der Waals surface area (Å²) in [4.78, 5) is 42.3. The molecule has 0 atom stereocenters. The number of aromatic nitrogens is 10. The van der Waals surface area contributed by atoms with Crippen LogP contribution >= 0.6 is 11.3 Å². The SMILES string of the molecule is CC(C)C1(c2ccccn2)CC1.CC(C)Cc1ccccn1.CC(C)Cc1ccnn1C.CC(C)Cc1ccsc1.CC(C)c1cncnc1.CCO/N=C\C(C)C.CON=CC(C)C.Cc1cnc(C(C)C)cn1.Cc1cnc(C(C)C)nc1. The second-order valence-electron chi connectivity index (χ2n) is 24.2. The number of hydrogen-bond acceptors (Lipinski definition) is 14. The monoisotopic (exact) mass is 1180 g/mol. The Bertz CT molecular complexity index is 2600. The van der Waals surface area contributed by atoms with Crippen LogP contribution in [0, 0.1) is 49.4 Å². The fourth-order valence-corrected chi connectivity index (χ4v) is 7.87. The lowest BCUT2D eigenvalue weighted by Crippen LogP contribution is -2.15. The molecule has 0 unspecified atom stereocenters. The number of thiophene rings is 1. The quantitative estimate of drug-likeness (QED) is 0.0668. The van der Waals surface area contributed by atoms with Gasteiger partial charge in [0.05, 0.1) is 11.4 Å². The molecule has 0 aliphatic heterocycles. The first-order valence-corrected chi connectivity index (χ1v) is 31.6. The lowest BCUT2D eigenvalue weighted by atomic mass is 9.89. The van der Waals surface area contributed by atoms with E-state index in [9.17, 15) is 0 Å². The number of hydrogen-bond donors (Lipinski definition) is 0. The van der Waals surface area contributed by atoms with Crippen LogP contribution in [-0.2, 0) is 41.4 Å². The number of oxime groups is 2. The number of nitrogens with zero attached hydrogens (tertiary/aromatic N) is 12. The van der Waals surface area contributed by atoms with Gasteiger partial charge in [0.2, 0.25) is 0 Å². The van der Waals surface area contributed by atoms with Gasteiger partial charge in [-0.3, -0.25) is 24.6 Å². The average Bonchev–Trinajstić information content (AvgIpc) is 4.17. The van der Waals surface area contributed by atoms with Crippen molar-refractivity contribution in [3.05, 3.63) is 172 Å². The first kappa shape index (κ1) is 78.4. The molecule has 470 valence electrons. The van der Waals surface area contributed by atoms with E-state index in [-0.39, 0.29) is 0 Å². The molecule has 8 rings (SSSR count). The predicted molar refractivity (Wildman–Crippen MR) is 361 cm³/mol. The van der Waals surface area contributed by atoms with Crippen LogP contribution < -0.4 is 0 Å². The zero-order valence-electron chi connectivity index (χ0n) is 56.7. The van der Waals surface area contributed by atoms with Crippen molar-refractivity contribution < 1.29 is 9.68 Å². The summed E-state index contributed by atoms with van der Waals surface area (Å²) in [5, 5.41) is 15.7. The fraction of sp³-hybridized carbons (Fsp3) is 0.557. The molecule has 0 aromatic carbocycles. The standard InChI is InChI=1S/C11H15N.C9H13N.2C8H12N2.C8H14N2.C8H12S.C7H10N2.C6H13NO.C5H11NO/c1-9(2)11(6-7-11)10-5-3-4-8-12-10;1-8(2)7-9-5-3-4-6-10-9;1-6(2)8-5-9-7(3)4-10-8;1-6(2)8-9-4-7(3)5-10-8;1-7(2)6-8-4-5-9-10(8)3;1-7(2)5-8-3-4-9-6-8;1-6(2)7-3-8-5-9-4-7;1-4-8-7-5-6(2)3;1-5(2)4-6-7-3/h3-5,8-9H,6-7H2,1-2H3;3-6,8H,7H2,1-2H3;2*4-6H,1-3H3;4-5,7H,6H2,1-3H3;3-4,6-7H,5H2,1-2H3;3-6H,1-2H3;5-6H,4H2,1-3H3;4-5H,1-3H3/b;;;;;;;7-5-;. The molecule has 15 heteroatoms. The highest BCUT2D eigenvalue weighted by Gasteiger charge is 2.47. The largest absolute Gasteiger partial charge is 0.399 e. The Labute approximate surface area is 520 Å². The van der Waals surface area contributed by atoms with Gasteiger partial charge in [0, 0.05) is 104 Å². The van der Waals surface area contributed by atoms with E-state index in [0.717, 1.165) is 53.4 Å². The maximum atomic E-state index is 4.71. The Balaban J connectivity index is 0.000000938. The van der Waals surface area contributed by atoms with Crippen LogP contribution in [0.15, 0.2) is 132 Å². The minimum atomic E-state index is 0.431. The van der Waals surface area contributed by atoms with E-state index in [0.29, 0.717) is 47.5 Å². The Morgan fingerprint density at radius 3 is 1.56 bits per heavy atom. The molecule has 0 saturated heterocycles. The summed E-state index contributed by atoms with van der Waals surface area (Å²) >= 11 is 1.78. The van der Waals surface area contributed by atoms with Crippen molar-refractivity contribution in [1.29, 1.82) is 0 Å². The smallest absolute Gasteiger partial charge is 0.130 e. The van der Waals surface area contributed by atoms with Crippen molar-refractivity contribution in [2.45, 2.75) is 201 Å². The average molecular weight is 1190 g/mol. The lowest BCUT2D eigenvalue weighted by molar-refractivity contribution is 0.159. The molecule has 0 spiro atoms. The highest BCUT2D eigenvalue weighted by Crippen LogP contribution is 2.52. The van der Waals surface area contributed by atoms with Crippen molar-refractivity contribution in [2.75, 3.05) is 13.7 Å². The van der Waals surface area contributed by atoms with Gasteiger partial charge in [-0.25, -0.2) is 19.9 Å². The molecular formula is C70H112N12O2S. The molecule has 1 saturated carbocycles. The minimum Gasteiger partial charge on any atom is -0.399 e. The van der Waals surface area contributed by atoms with E-state index in [2.05, 4.69) is 212 Å². The molecule has 7 heterocycles. The topological polar surface area (TPSA) is 164 Å². The summed E-state index contributed by atoms with van der Waals surface area (Å²) in [6, 6.07) is 16.6. The molecule has 0 bridgehead atoms.